The Morgan fingerprint density at radius 1 is 1.10 bits per heavy atom. The Labute approximate surface area is 198 Å². The summed E-state index contributed by atoms with van der Waals surface area (Å²) in [4.78, 5) is 12.4. The number of carbonyl (C=O) groups is 1. The molecule has 0 saturated heterocycles. The number of benzene rings is 2. The van der Waals surface area contributed by atoms with Crippen molar-refractivity contribution in [1.29, 1.82) is 0 Å². The van der Waals surface area contributed by atoms with Crippen LogP contribution in [0.4, 0.5) is 5.69 Å². The number of hydrogen-bond acceptors (Lipinski definition) is 3. The molecule has 3 N–H and O–H groups in total. The van der Waals surface area contributed by atoms with Crippen molar-refractivity contribution in [2.45, 2.75) is 16.4 Å². The van der Waals surface area contributed by atoms with E-state index >= 15 is 0 Å². The van der Waals surface area contributed by atoms with Crippen LogP contribution in [0.5, 0.6) is 5.75 Å². The van der Waals surface area contributed by atoms with E-state index in [1.54, 1.807) is 49.6 Å². The second kappa shape index (κ2) is 10.8. The maximum absolute atomic E-state index is 12.4. The molecule has 1 unspecified atom stereocenters. The summed E-state index contributed by atoms with van der Waals surface area (Å²) in [5.41, 5.74) is 1.27. The van der Waals surface area contributed by atoms with Crippen LogP contribution in [-0.4, -0.2) is 28.1 Å². The molecule has 0 aromatic heterocycles. The van der Waals surface area contributed by atoms with Crippen molar-refractivity contribution < 1.29 is 9.53 Å². The molecule has 0 aliphatic rings. The number of halogens is 5. The number of amides is 1. The SMILES string of the molecule is COc1ccc(CC(=O)NC(NC(=S)Nc2ccc(Cl)cc2Cl)C(Cl)(Cl)Cl)cc1. The molecule has 0 saturated carbocycles. The lowest BCUT2D eigenvalue weighted by atomic mass is 10.1. The minimum absolute atomic E-state index is 0.0755. The van der Waals surface area contributed by atoms with Crippen molar-refractivity contribution in [2.75, 3.05) is 12.4 Å². The van der Waals surface area contributed by atoms with Gasteiger partial charge in [0.25, 0.3) is 0 Å². The quantitative estimate of drug-likeness (QED) is 0.275. The summed E-state index contributed by atoms with van der Waals surface area (Å²) in [6.45, 7) is 0. The highest BCUT2D eigenvalue weighted by Gasteiger charge is 2.34. The number of carbonyl (C=O) groups excluding carboxylic acids is 1. The first-order chi connectivity index (χ1) is 13.6. The number of anilines is 1. The summed E-state index contributed by atoms with van der Waals surface area (Å²) in [5.74, 6) is 0.318. The number of thiocarbonyl (C=S) groups is 1. The molecule has 0 radical (unpaired) electrons. The number of alkyl halides is 3. The standard InChI is InChI=1S/C18H16Cl5N3O2S/c1-28-12-5-2-10(3-6-12)8-15(27)25-16(18(21,22)23)26-17(29)24-14-7-4-11(19)9-13(14)20/h2-7,9,16H,8H2,1H3,(H,25,27)(H2,24,26,29). The Hall–Kier alpha value is -1.15. The van der Waals surface area contributed by atoms with Gasteiger partial charge in [-0.2, -0.15) is 0 Å². The van der Waals surface area contributed by atoms with Gasteiger partial charge >= 0.3 is 0 Å². The van der Waals surface area contributed by atoms with Gasteiger partial charge in [0, 0.05) is 5.02 Å². The molecule has 5 nitrogen and oxygen atoms in total. The highest BCUT2D eigenvalue weighted by Crippen LogP contribution is 2.30. The molecule has 1 amide bonds. The molecule has 0 spiro atoms. The molecular formula is C18H16Cl5N3O2S. The van der Waals surface area contributed by atoms with Crippen LogP contribution in [-0.2, 0) is 11.2 Å². The second-order valence-electron chi connectivity index (χ2n) is 5.79. The molecule has 2 rings (SSSR count). The van der Waals surface area contributed by atoms with Gasteiger partial charge in [0.15, 0.2) is 5.11 Å². The second-order valence-corrected chi connectivity index (χ2v) is 9.41. The van der Waals surface area contributed by atoms with E-state index in [0.717, 1.165) is 5.56 Å². The first kappa shape index (κ1) is 24.1. The van der Waals surface area contributed by atoms with Crippen LogP contribution in [0.1, 0.15) is 5.56 Å². The minimum Gasteiger partial charge on any atom is -0.497 e. The first-order valence-corrected chi connectivity index (χ1v) is 10.4. The maximum atomic E-state index is 12.4. The smallest absolute Gasteiger partial charge is 0.228 e. The molecule has 2 aromatic carbocycles. The molecular weight excluding hydrogens is 500 g/mol. The Kier molecular flexibility index (Phi) is 8.94. The predicted molar refractivity (Wildman–Crippen MR) is 125 cm³/mol. The van der Waals surface area contributed by atoms with Crippen LogP contribution in [0.3, 0.4) is 0 Å². The van der Waals surface area contributed by atoms with Crippen LogP contribution < -0.4 is 20.7 Å². The van der Waals surface area contributed by atoms with Crippen molar-refractivity contribution in [3.05, 3.63) is 58.1 Å². The molecule has 0 bridgehead atoms. The zero-order chi connectivity index (χ0) is 21.6. The van der Waals surface area contributed by atoms with Gasteiger partial charge in [0.05, 0.1) is 24.2 Å². The summed E-state index contributed by atoms with van der Waals surface area (Å²) in [5, 5.41) is 9.17. The van der Waals surface area contributed by atoms with Gasteiger partial charge in [-0.25, -0.2) is 0 Å². The normalized spacial score (nSPS) is 12.1. The van der Waals surface area contributed by atoms with Crippen molar-refractivity contribution in [3.8, 4) is 5.75 Å². The summed E-state index contributed by atoms with van der Waals surface area (Å²) >= 11 is 35.2. The third-order valence-corrected chi connectivity index (χ3v) is 5.03. The average molecular weight is 516 g/mol. The molecule has 1 atom stereocenters. The minimum atomic E-state index is -1.87. The Morgan fingerprint density at radius 2 is 1.76 bits per heavy atom. The number of rotatable bonds is 6. The number of methoxy groups -OCH3 is 1. The van der Waals surface area contributed by atoms with Gasteiger partial charge in [0.2, 0.25) is 9.70 Å². The summed E-state index contributed by atoms with van der Waals surface area (Å²) in [6.07, 6.45) is -1.02. The third-order valence-electron chi connectivity index (χ3n) is 3.61. The Morgan fingerprint density at radius 3 is 2.31 bits per heavy atom. The highest BCUT2D eigenvalue weighted by atomic mass is 35.6. The molecule has 11 heteroatoms. The van der Waals surface area contributed by atoms with Gasteiger partial charge in [-0.15, -0.1) is 0 Å². The zero-order valence-electron chi connectivity index (χ0n) is 14.9. The lowest BCUT2D eigenvalue weighted by molar-refractivity contribution is -0.121. The molecule has 156 valence electrons. The molecule has 29 heavy (non-hydrogen) atoms. The van der Waals surface area contributed by atoms with E-state index in [1.807, 2.05) is 0 Å². The predicted octanol–water partition coefficient (Wildman–Crippen LogP) is 5.34. The Bertz CT molecular complexity index is 875. The van der Waals surface area contributed by atoms with Crippen LogP contribution in [0.15, 0.2) is 42.5 Å². The fraction of sp³-hybridized carbons (Fsp3) is 0.222. The maximum Gasteiger partial charge on any atom is 0.228 e. The third kappa shape index (κ3) is 7.89. The van der Waals surface area contributed by atoms with E-state index < -0.39 is 9.96 Å². The van der Waals surface area contributed by atoms with Gasteiger partial charge in [-0.05, 0) is 48.1 Å². The van der Waals surface area contributed by atoms with Crippen molar-refractivity contribution in [1.82, 2.24) is 10.6 Å². The molecule has 0 heterocycles. The van der Waals surface area contributed by atoms with Crippen molar-refractivity contribution in [2.24, 2.45) is 0 Å². The van der Waals surface area contributed by atoms with Crippen LogP contribution in [0, 0.1) is 0 Å². The number of hydrogen-bond donors (Lipinski definition) is 3. The number of ether oxygens (including phenoxy) is 1. The van der Waals surface area contributed by atoms with Gasteiger partial charge in [-0.3, -0.25) is 4.79 Å². The van der Waals surface area contributed by atoms with Crippen LogP contribution >= 0.6 is 70.2 Å². The lowest BCUT2D eigenvalue weighted by Gasteiger charge is -2.28. The fourth-order valence-corrected chi connectivity index (χ4v) is 3.23. The first-order valence-electron chi connectivity index (χ1n) is 8.10. The summed E-state index contributed by atoms with van der Waals surface area (Å²) in [6, 6.07) is 11.9. The van der Waals surface area contributed by atoms with E-state index in [9.17, 15) is 4.79 Å². The van der Waals surface area contributed by atoms with E-state index in [0.29, 0.717) is 21.5 Å². The topological polar surface area (TPSA) is 62.4 Å². The zero-order valence-corrected chi connectivity index (χ0v) is 19.5. The largest absolute Gasteiger partial charge is 0.497 e. The van der Waals surface area contributed by atoms with E-state index in [1.165, 1.54) is 0 Å². The van der Waals surface area contributed by atoms with E-state index in [2.05, 4.69) is 16.0 Å². The van der Waals surface area contributed by atoms with Crippen molar-refractivity contribution >= 4 is 86.9 Å². The summed E-state index contributed by atoms with van der Waals surface area (Å²) in [7, 11) is 1.56. The average Bonchev–Trinajstić information content (AvgIpc) is 2.63. The number of nitrogens with one attached hydrogen (secondary N) is 3. The van der Waals surface area contributed by atoms with Gasteiger partial charge in [0.1, 0.15) is 11.9 Å². The van der Waals surface area contributed by atoms with E-state index in [-0.39, 0.29) is 17.4 Å². The molecule has 2 aromatic rings. The highest BCUT2D eigenvalue weighted by molar-refractivity contribution is 7.80. The summed E-state index contributed by atoms with van der Waals surface area (Å²) < 4.78 is 3.22. The monoisotopic (exact) mass is 513 g/mol. The van der Waals surface area contributed by atoms with Gasteiger partial charge < -0.3 is 20.7 Å². The molecule has 0 fully saturated rings. The molecule has 0 aliphatic carbocycles. The van der Waals surface area contributed by atoms with Crippen LogP contribution in [0.2, 0.25) is 10.0 Å². The lowest BCUT2D eigenvalue weighted by Crippen LogP contribution is -2.56. The van der Waals surface area contributed by atoms with E-state index in [4.69, 9.17) is 75.0 Å². The fourth-order valence-electron chi connectivity index (χ4n) is 2.22. The Balaban J connectivity index is 2.00. The van der Waals surface area contributed by atoms with Crippen molar-refractivity contribution in [3.63, 3.8) is 0 Å². The molecule has 0 aliphatic heterocycles. The van der Waals surface area contributed by atoms with Crippen LogP contribution in [0.25, 0.3) is 0 Å². The van der Waals surface area contributed by atoms with Gasteiger partial charge in [-0.1, -0.05) is 70.1 Å².